The van der Waals surface area contributed by atoms with Gasteiger partial charge < -0.3 is 14.7 Å². The van der Waals surface area contributed by atoms with Gasteiger partial charge in [0.15, 0.2) is 0 Å². The molecule has 0 saturated heterocycles. The van der Waals surface area contributed by atoms with Crippen LogP contribution in [0.25, 0.3) is 22.3 Å². The Morgan fingerprint density at radius 1 is 0.416 bits per heavy atom. The summed E-state index contributed by atoms with van der Waals surface area (Å²) in [5.74, 6) is 0. The number of rotatable bonds is 6. The molecular weight excluding hydrogens is 930 g/mol. The number of benzene rings is 9. The highest BCUT2D eigenvalue weighted by Gasteiger charge is 2.46. The van der Waals surface area contributed by atoms with Gasteiger partial charge in [0.1, 0.15) is 0 Å². The Labute approximate surface area is 474 Å². The maximum absolute atomic E-state index is 9.72. The molecule has 1 aliphatic carbocycles. The fraction of sp³-hybridized carbons (Fsp3) is 0.260. The van der Waals surface area contributed by atoms with Crippen LogP contribution in [0.4, 0.5) is 51.2 Å². The van der Waals surface area contributed by atoms with Crippen molar-refractivity contribution >= 4 is 74.3 Å². The highest BCUT2D eigenvalue weighted by atomic mass is 15.2. The lowest BCUT2D eigenvalue weighted by Gasteiger charge is -2.46. The molecule has 0 amide bonds. The average Bonchev–Trinajstić information content (AvgIpc) is 0.873. The zero-order chi connectivity index (χ0) is 62.8. The molecule has 0 saturated carbocycles. The summed E-state index contributed by atoms with van der Waals surface area (Å²) >= 11 is 0. The zero-order valence-electron chi connectivity index (χ0n) is 57.1. The zero-order valence-corrected chi connectivity index (χ0v) is 47.1. The molecule has 3 aliphatic rings. The minimum atomic E-state index is -0.562. The fourth-order valence-corrected chi connectivity index (χ4v) is 12.1. The summed E-state index contributed by atoms with van der Waals surface area (Å²) in [5.41, 5.74) is 17.5. The van der Waals surface area contributed by atoms with Crippen LogP contribution >= 0.6 is 0 Å². The second-order valence-electron chi connectivity index (χ2n) is 26.0. The molecule has 0 fully saturated rings. The van der Waals surface area contributed by atoms with E-state index in [-0.39, 0.29) is 50.9 Å². The van der Waals surface area contributed by atoms with Gasteiger partial charge in [0, 0.05) is 56.5 Å². The van der Waals surface area contributed by atoms with Gasteiger partial charge in [-0.1, -0.05) is 212 Å². The number of hydrogen-bond donors (Lipinski definition) is 0. The molecular formula is C73H74BN3. The fourth-order valence-electron chi connectivity index (χ4n) is 12.1. The summed E-state index contributed by atoms with van der Waals surface area (Å²) in [6.45, 7) is 30.4. The molecule has 3 nitrogen and oxygen atoms in total. The van der Waals surface area contributed by atoms with E-state index in [1.54, 1.807) is 11.0 Å². The van der Waals surface area contributed by atoms with Gasteiger partial charge in [-0.2, -0.15) is 0 Å². The third-order valence-corrected chi connectivity index (χ3v) is 16.4. The van der Waals surface area contributed by atoms with Crippen LogP contribution in [0.3, 0.4) is 0 Å². The first kappa shape index (κ1) is 39.8. The van der Waals surface area contributed by atoms with E-state index >= 15 is 0 Å². The summed E-state index contributed by atoms with van der Waals surface area (Å²) in [5, 5.41) is 0. The lowest BCUT2D eigenvalue weighted by atomic mass is 9.33. The van der Waals surface area contributed by atoms with Crippen molar-refractivity contribution in [2.24, 2.45) is 0 Å². The van der Waals surface area contributed by atoms with E-state index in [4.69, 9.17) is 8.22 Å². The van der Waals surface area contributed by atoms with Crippen molar-refractivity contribution in [3.63, 3.8) is 0 Å². The topological polar surface area (TPSA) is 9.72 Å². The summed E-state index contributed by atoms with van der Waals surface area (Å²) in [4.78, 5) is 6.44. The van der Waals surface area contributed by atoms with Crippen LogP contribution in [0.1, 0.15) is 144 Å². The largest absolute Gasteiger partial charge is 0.311 e. The summed E-state index contributed by atoms with van der Waals surface area (Å²) in [6.07, 6.45) is 0. The molecule has 0 unspecified atom stereocenters. The lowest BCUT2D eigenvalue weighted by Crippen LogP contribution is -2.61. The van der Waals surface area contributed by atoms with Crippen molar-refractivity contribution in [3.8, 4) is 22.3 Å². The second kappa shape index (κ2) is 17.7. The molecule has 0 aromatic heterocycles. The third-order valence-electron chi connectivity index (χ3n) is 16.4. The summed E-state index contributed by atoms with van der Waals surface area (Å²) in [6, 6.07) is 42.7. The molecule has 9 aromatic carbocycles. The van der Waals surface area contributed by atoms with Crippen molar-refractivity contribution in [2.45, 2.75) is 124 Å². The Bertz CT molecular complexity index is 4330. The Kier molecular flexibility index (Phi) is 9.17. The molecule has 0 spiro atoms. The van der Waals surface area contributed by atoms with E-state index in [9.17, 15) is 5.48 Å². The van der Waals surface area contributed by atoms with E-state index in [1.165, 1.54) is 27.8 Å². The first-order valence-corrected chi connectivity index (χ1v) is 27.1. The minimum absolute atomic E-state index is 0.0801. The highest BCUT2D eigenvalue weighted by Crippen LogP contribution is 2.53. The molecule has 0 bridgehead atoms. The van der Waals surface area contributed by atoms with Gasteiger partial charge in [-0.15, -0.1) is 0 Å². The Morgan fingerprint density at radius 3 is 1.62 bits per heavy atom. The maximum Gasteiger partial charge on any atom is 0.252 e. The van der Waals surface area contributed by atoms with E-state index in [1.807, 2.05) is 45.0 Å². The smallest absolute Gasteiger partial charge is 0.252 e. The van der Waals surface area contributed by atoms with Crippen molar-refractivity contribution < 1.29 is 13.7 Å². The number of hydrogen-bond acceptors (Lipinski definition) is 3. The molecule has 2 aliphatic heterocycles. The molecule has 77 heavy (non-hydrogen) atoms. The van der Waals surface area contributed by atoms with Gasteiger partial charge in [-0.05, 0) is 167 Å². The van der Waals surface area contributed by atoms with Crippen molar-refractivity contribution in [2.75, 3.05) is 14.7 Å². The number of nitrogens with zero attached hydrogens (tertiary/aromatic N) is 3. The van der Waals surface area contributed by atoms with E-state index < -0.39 is 65.8 Å². The maximum atomic E-state index is 9.72. The predicted octanol–water partition coefficient (Wildman–Crippen LogP) is 18.4. The van der Waals surface area contributed by atoms with Crippen LogP contribution in [0.5, 0.6) is 0 Å². The Balaban J connectivity index is 1.21. The van der Waals surface area contributed by atoms with Gasteiger partial charge in [0.05, 0.1) is 19.4 Å². The SMILES string of the molecule is [2H]c1c([2H])c([2H])c(-c2cc(C(C)(C)C)ccc2N(c2ccc3c(c2)N(c2ccc(C(C)(C)C)cc2)c2cc(C(C)(C)C)cc4c2B3c2cc(C(C)(C)C)ccc2N4c2ccc3c(c2)-c2ccccc2C3(C)C)c2c([2H])c([2H])c([2H])c([2H])c2[2H])c([2H])c1[2H]. The second-order valence-corrected chi connectivity index (χ2v) is 26.0. The van der Waals surface area contributed by atoms with Crippen molar-refractivity contribution in [1.82, 2.24) is 0 Å². The Hall–Kier alpha value is -7.56. The van der Waals surface area contributed by atoms with E-state index in [2.05, 4.69) is 189 Å². The van der Waals surface area contributed by atoms with Crippen LogP contribution in [0.15, 0.2) is 194 Å². The van der Waals surface area contributed by atoms with Crippen LogP contribution in [-0.2, 0) is 27.1 Å². The van der Waals surface area contributed by atoms with Gasteiger partial charge in [-0.3, -0.25) is 0 Å². The molecule has 384 valence electrons. The van der Waals surface area contributed by atoms with Crippen molar-refractivity contribution in [3.05, 3.63) is 227 Å². The van der Waals surface area contributed by atoms with Crippen LogP contribution in [0.2, 0.25) is 0 Å². The summed E-state index contributed by atoms with van der Waals surface area (Å²) < 4.78 is 91.8. The number of anilines is 9. The third kappa shape index (κ3) is 8.42. The molecule has 9 aromatic rings. The quantitative estimate of drug-likeness (QED) is 0.154. The Morgan fingerprint density at radius 2 is 0.974 bits per heavy atom. The molecule has 0 atom stereocenters. The standard InChI is InChI=1S/C73H74BN3/c1-69(2,3)48-29-33-53(34-30-48)76-65-46-55(75(52-25-19-16-20-26-52)63-39-31-49(70(4,5)6)41-57(63)47-23-17-15-18-24-47)36-38-61(65)74-62-42-50(71(7,8)9)32-40-64(62)77(67-44-51(72(10,11)12)43-66(76)68(67)74)54-35-37-60-58(45-54)56-27-21-22-28-59(56)73(60,13)14/h15-46H,1-14H3/i15D,16D,17D,18D,19D,20D,23D,24D,25D,26D. The number of para-hydroxylation sites is 1. The predicted molar refractivity (Wildman–Crippen MR) is 333 cm³/mol. The first-order valence-electron chi connectivity index (χ1n) is 32.1. The molecule has 0 radical (unpaired) electrons. The molecule has 12 rings (SSSR count). The molecule has 4 heteroatoms. The van der Waals surface area contributed by atoms with Crippen molar-refractivity contribution in [1.29, 1.82) is 0 Å². The highest BCUT2D eigenvalue weighted by molar-refractivity contribution is 7.00. The molecule has 2 heterocycles. The lowest BCUT2D eigenvalue weighted by molar-refractivity contribution is 0.590. The van der Waals surface area contributed by atoms with Gasteiger partial charge >= 0.3 is 0 Å². The average molecular weight is 1010 g/mol. The number of fused-ring (bicyclic) bond motifs is 7. The molecule has 0 N–H and O–H groups in total. The van der Waals surface area contributed by atoms with Crippen LogP contribution in [0, 0.1) is 0 Å². The van der Waals surface area contributed by atoms with Crippen LogP contribution in [-0.4, -0.2) is 6.71 Å². The van der Waals surface area contributed by atoms with Gasteiger partial charge in [-0.25, -0.2) is 0 Å². The first-order chi connectivity index (χ1) is 40.6. The normalized spacial score (nSPS) is 16.2. The van der Waals surface area contributed by atoms with Crippen LogP contribution < -0.4 is 31.1 Å². The van der Waals surface area contributed by atoms with E-state index in [0.29, 0.717) is 5.69 Å². The van der Waals surface area contributed by atoms with Gasteiger partial charge in [0.2, 0.25) is 0 Å². The van der Waals surface area contributed by atoms with Gasteiger partial charge in [0.25, 0.3) is 6.71 Å². The summed E-state index contributed by atoms with van der Waals surface area (Å²) in [7, 11) is 0. The minimum Gasteiger partial charge on any atom is -0.311 e. The monoisotopic (exact) mass is 1010 g/mol. The van der Waals surface area contributed by atoms with E-state index in [0.717, 1.165) is 67.2 Å².